The zero-order chi connectivity index (χ0) is 38.0. The van der Waals surface area contributed by atoms with Crippen molar-refractivity contribution >= 4 is 23.5 Å². The van der Waals surface area contributed by atoms with Gasteiger partial charge in [-0.3, -0.25) is 4.90 Å². The minimum atomic E-state index is 0.764. The van der Waals surface area contributed by atoms with E-state index in [9.17, 15) is 0 Å². The Morgan fingerprint density at radius 2 is 0.897 bits per heavy atom. The zero-order valence-electron chi connectivity index (χ0n) is 37.2. The largest absolute Gasteiger partial charge is 0.294 e. The van der Waals surface area contributed by atoms with Gasteiger partial charge in [-0.25, -0.2) is 0 Å². The predicted molar refractivity (Wildman–Crippen MR) is 247 cm³/mol. The Balaban J connectivity index is 0.810. The first-order valence-electron chi connectivity index (χ1n) is 27.9. The first-order chi connectivity index (χ1) is 28.8. The molecule has 11 aliphatic carbocycles. The number of hydrogen-bond donors (Lipinski definition) is 0. The van der Waals surface area contributed by atoms with Crippen molar-refractivity contribution in [2.75, 3.05) is 0 Å². The molecule has 20 unspecified atom stereocenters. The van der Waals surface area contributed by atoms with Crippen LogP contribution < -0.4 is 0 Å². The highest BCUT2D eigenvalue weighted by Gasteiger charge is 2.73. The Morgan fingerprint density at radius 1 is 0.328 bits per heavy atom. The molecule has 1 nitrogen and oxygen atoms in total. The van der Waals surface area contributed by atoms with Crippen LogP contribution in [-0.2, 0) is 0 Å². The Morgan fingerprint density at radius 3 is 1.69 bits per heavy atom. The fourth-order valence-electron chi connectivity index (χ4n) is 22.3. The van der Waals surface area contributed by atoms with E-state index in [4.69, 9.17) is 0 Å². The van der Waals surface area contributed by atoms with Gasteiger partial charge in [0.1, 0.15) is 0 Å². The van der Waals surface area contributed by atoms with Gasteiger partial charge in [0, 0.05) is 39.1 Å². The van der Waals surface area contributed by atoms with E-state index >= 15 is 0 Å². The summed E-state index contributed by atoms with van der Waals surface area (Å²) in [6, 6.07) is 2.80. The van der Waals surface area contributed by atoms with Gasteiger partial charge in [0.2, 0.25) is 0 Å². The second-order valence-electron chi connectivity index (χ2n) is 25.0. The van der Waals surface area contributed by atoms with Gasteiger partial charge in [0.25, 0.3) is 0 Å². The first kappa shape index (κ1) is 39.1. The second kappa shape index (κ2) is 16.0. The molecule has 11 saturated carbocycles. The lowest BCUT2D eigenvalue weighted by Crippen LogP contribution is -2.58. The Labute approximate surface area is 365 Å². The van der Waals surface area contributed by atoms with Crippen molar-refractivity contribution in [2.24, 2.45) is 88.3 Å². The maximum atomic E-state index is 3.57. The molecular formula is C55H87NS2. The van der Waals surface area contributed by atoms with Crippen LogP contribution >= 0.6 is 23.5 Å². The van der Waals surface area contributed by atoms with E-state index in [1.807, 2.05) is 0 Å². The molecule has 0 aromatic rings. The van der Waals surface area contributed by atoms with Gasteiger partial charge < -0.3 is 0 Å². The van der Waals surface area contributed by atoms with Crippen LogP contribution in [0, 0.1) is 88.3 Å². The van der Waals surface area contributed by atoms with E-state index in [1.54, 1.807) is 186 Å². The van der Waals surface area contributed by atoms with Gasteiger partial charge in [-0.2, -0.15) is 23.5 Å². The third-order valence-electron chi connectivity index (χ3n) is 23.5. The van der Waals surface area contributed by atoms with Gasteiger partial charge in [-0.1, -0.05) is 96.3 Å². The lowest BCUT2D eigenvalue weighted by molar-refractivity contribution is -0.0667. The van der Waals surface area contributed by atoms with E-state index in [-0.39, 0.29) is 0 Å². The van der Waals surface area contributed by atoms with Crippen LogP contribution in [0.2, 0.25) is 0 Å². The molecular weight excluding hydrogens is 739 g/mol. The number of hydrogen-bond acceptors (Lipinski definition) is 3. The number of rotatable bonds is 4. The van der Waals surface area contributed by atoms with Gasteiger partial charge in [-0.05, 0) is 204 Å². The highest BCUT2D eigenvalue weighted by atomic mass is 32.2. The summed E-state index contributed by atoms with van der Waals surface area (Å²) in [4.78, 5) is 3.57. The molecule has 3 heteroatoms. The summed E-state index contributed by atoms with van der Waals surface area (Å²) in [5, 5.41) is 4.17. The smallest absolute Gasteiger partial charge is 0.0135 e. The molecule has 13 fully saturated rings. The van der Waals surface area contributed by atoms with Crippen molar-refractivity contribution in [1.29, 1.82) is 0 Å². The molecule has 20 atom stereocenters. The first-order valence-corrected chi connectivity index (χ1v) is 29.8. The van der Waals surface area contributed by atoms with Crippen LogP contribution in [-0.4, -0.2) is 44.0 Å². The van der Waals surface area contributed by atoms with Crippen LogP contribution in [0.15, 0.2) is 0 Å². The average molecular weight is 826 g/mol. The van der Waals surface area contributed by atoms with Crippen LogP contribution in [0.4, 0.5) is 0 Å². The summed E-state index contributed by atoms with van der Waals surface area (Å²) in [7, 11) is 0. The SMILES string of the molecule is C1CCC(N(C2CCCC(C3CCCC4C5CCC6SC7CCCCC7C6C5SC34)C2)C2CCCC3C2C2CCCCC2C32C3CCCCC3C3CCCCC32)CC1. The van der Waals surface area contributed by atoms with Gasteiger partial charge in [0.05, 0.1) is 0 Å². The minimum Gasteiger partial charge on any atom is -0.294 e. The van der Waals surface area contributed by atoms with Crippen molar-refractivity contribution in [3.05, 3.63) is 0 Å². The lowest BCUT2D eigenvalue weighted by Gasteiger charge is -2.55. The highest BCUT2D eigenvalue weighted by Crippen LogP contribution is 2.78. The fourth-order valence-corrected chi connectivity index (χ4v) is 27.1. The predicted octanol–water partition coefficient (Wildman–Crippen LogP) is 15.0. The van der Waals surface area contributed by atoms with Crippen LogP contribution in [0.3, 0.4) is 0 Å². The molecule has 2 heterocycles. The van der Waals surface area contributed by atoms with Gasteiger partial charge in [0.15, 0.2) is 0 Å². The van der Waals surface area contributed by atoms with Crippen molar-refractivity contribution in [3.63, 3.8) is 0 Å². The summed E-state index contributed by atoms with van der Waals surface area (Å²) >= 11 is 5.24. The van der Waals surface area contributed by atoms with Crippen LogP contribution in [0.1, 0.15) is 212 Å². The van der Waals surface area contributed by atoms with Crippen molar-refractivity contribution in [3.8, 4) is 0 Å². The van der Waals surface area contributed by atoms with Gasteiger partial charge >= 0.3 is 0 Å². The Kier molecular flexibility index (Phi) is 10.8. The molecule has 0 aromatic carbocycles. The molecule has 2 aliphatic heterocycles. The molecule has 0 aromatic heterocycles. The molecule has 0 N–H and O–H groups in total. The van der Waals surface area contributed by atoms with E-state index in [2.05, 4.69) is 28.4 Å². The molecule has 0 radical (unpaired) electrons. The van der Waals surface area contributed by atoms with E-state index in [1.165, 1.54) is 25.7 Å². The minimum absolute atomic E-state index is 0.764. The lowest BCUT2D eigenvalue weighted by atomic mass is 9.53. The van der Waals surface area contributed by atoms with Crippen LogP contribution in [0.5, 0.6) is 0 Å². The Hall–Kier alpha value is 0.660. The van der Waals surface area contributed by atoms with Gasteiger partial charge in [-0.15, -0.1) is 0 Å². The Bertz CT molecular complexity index is 1430. The maximum absolute atomic E-state index is 3.57. The second-order valence-corrected chi connectivity index (χ2v) is 27.8. The molecule has 324 valence electrons. The zero-order valence-corrected chi connectivity index (χ0v) is 38.9. The number of fused-ring (bicyclic) bond motifs is 17. The molecule has 13 rings (SSSR count). The topological polar surface area (TPSA) is 3.24 Å². The fraction of sp³-hybridized carbons (Fsp3) is 1.00. The summed E-state index contributed by atoms with van der Waals surface area (Å²) in [5.74, 6) is 15.4. The normalized spacial score (nSPS) is 56.4. The highest BCUT2D eigenvalue weighted by molar-refractivity contribution is 8.02. The molecule has 0 bridgehead atoms. The molecule has 58 heavy (non-hydrogen) atoms. The third kappa shape index (κ3) is 5.96. The summed E-state index contributed by atoms with van der Waals surface area (Å²) in [6.07, 6.45) is 52.5. The summed E-state index contributed by atoms with van der Waals surface area (Å²) in [6.45, 7) is 0. The monoisotopic (exact) mass is 826 g/mol. The van der Waals surface area contributed by atoms with E-state index in [0.717, 1.165) is 127 Å². The maximum Gasteiger partial charge on any atom is 0.0135 e. The molecule has 1 spiro atoms. The average Bonchev–Trinajstić information content (AvgIpc) is 4.02. The molecule has 0 amide bonds. The van der Waals surface area contributed by atoms with Crippen molar-refractivity contribution in [1.82, 2.24) is 4.90 Å². The third-order valence-corrected chi connectivity index (χ3v) is 27.3. The van der Waals surface area contributed by atoms with Crippen molar-refractivity contribution in [2.45, 2.75) is 251 Å². The molecule has 2 saturated heterocycles. The quantitative estimate of drug-likeness (QED) is 0.278. The van der Waals surface area contributed by atoms with E-state index < -0.39 is 0 Å². The summed E-state index contributed by atoms with van der Waals surface area (Å²) in [5.41, 5.74) is 0.764. The number of nitrogens with zero attached hydrogens (tertiary/aromatic N) is 1. The summed E-state index contributed by atoms with van der Waals surface area (Å²) < 4.78 is 0. The van der Waals surface area contributed by atoms with Crippen molar-refractivity contribution < 1.29 is 0 Å². The number of thioether (sulfide) groups is 2. The molecule has 13 aliphatic rings. The standard InChI is InChI=1S/C55H87NS2/c1-2-16-35(17-3-1)56(48-29-14-28-47-51(48)42-21-6-10-27-46(42)55(47)44-25-8-4-19-38(44)39-20-5-9-26-45(39)55)36-18-12-15-34(33-36)37-23-13-24-40-41-31-32-50-52(54(41)58-53(37)40)43-22-7-11-30-49(43)57-50/h34-54H,1-33H2. The van der Waals surface area contributed by atoms with E-state index in [0.29, 0.717) is 0 Å². The van der Waals surface area contributed by atoms with Crippen LogP contribution in [0.25, 0.3) is 0 Å².